The normalized spacial score (nSPS) is 24.9. The summed E-state index contributed by atoms with van der Waals surface area (Å²) in [4.78, 5) is 55.4. The number of nitrogens with zero attached hydrogens (tertiary/aromatic N) is 3. The lowest BCUT2D eigenvalue weighted by atomic mass is 9.90. The van der Waals surface area contributed by atoms with Gasteiger partial charge in [0.15, 0.2) is 0 Å². The summed E-state index contributed by atoms with van der Waals surface area (Å²) < 4.78 is 10.8. The number of carbonyl (C=O) groups is 4. The second-order valence-corrected chi connectivity index (χ2v) is 8.84. The third-order valence-corrected chi connectivity index (χ3v) is 6.75. The van der Waals surface area contributed by atoms with Crippen LogP contribution in [0, 0.1) is 0 Å². The SMILES string of the molecule is CN1C(=O)c2ccccc2OCCCCC[C@H]2[C@@H]1CCCN2C(=O)CN1C(=O)COCC1=O. The molecule has 0 aromatic heterocycles. The van der Waals surface area contributed by atoms with Gasteiger partial charge < -0.3 is 19.3 Å². The van der Waals surface area contributed by atoms with Crippen LogP contribution in [-0.4, -0.2) is 90.4 Å². The van der Waals surface area contributed by atoms with Crippen molar-refractivity contribution in [2.45, 2.75) is 50.6 Å². The van der Waals surface area contributed by atoms with Crippen molar-refractivity contribution in [3.05, 3.63) is 29.8 Å². The summed E-state index contributed by atoms with van der Waals surface area (Å²) >= 11 is 0. The van der Waals surface area contributed by atoms with Crippen molar-refractivity contribution in [3.8, 4) is 5.75 Å². The molecular formula is C24H31N3O6. The zero-order valence-corrected chi connectivity index (χ0v) is 19.0. The second kappa shape index (κ2) is 10.3. The van der Waals surface area contributed by atoms with Crippen LogP contribution >= 0.6 is 0 Å². The molecule has 3 aliphatic heterocycles. The Labute approximate surface area is 193 Å². The Bertz CT molecular complexity index is 903. The summed E-state index contributed by atoms with van der Waals surface area (Å²) in [7, 11) is 1.78. The van der Waals surface area contributed by atoms with Gasteiger partial charge in [0.1, 0.15) is 25.5 Å². The van der Waals surface area contributed by atoms with Crippen LogP contribution in [0.1, 0.15) is 48.9 Å². The predicted molar refractivity (Wildman–Crippen MR) is 119 cm³/mol. The number of para-hydroxylation sites is 1. The molecule has 33 heavy (non-hydrogen) atoms. The number of amides is 4. The summed E-state index contributed by atoms with van der Waals surface area (Å²) in [6.45, 7) is 0.423. The van der Waals surface area contributed by atoms with Gasteiger partial charge in [-0.15, -0.1) is 0 Å². The highest BCUT2D eigenvalue weighted by Gasteiger charge is 2.40. The van der Waals surface area contributed by atoms with Crippen molar-refractivity contribution in [1.82, 2.24) is 14.7 Å². The highest BCUT2D eigenvalue weighted by atomic mass is 16.5. The van der Waals surface area contributed by atoms with Crippen LogP contribution in [0.15, 0.2) is 24.3 Å². The van der Waals surface area contributed by atoms with Crippen LogP contribution in [0.25, 0.3) is 0 Å². The van der Waals surface area contributed by atoms with Crippen molar-refractivity contribution < 1.29 is 28.7 Å². The van der Waals surface area contributed by atoms with E-state index in [2.05, 4.69) is 0 Å². The van der Waals surface area contributed by atoms with Crippen LogP contribution in [0.5, 0.6) is 5.75 Å². The Morgan fingerprint density at radius 1 is 0.970 bits per heavy atom. The second-order valence-electron chi connectivity index (χ2n) is 8.84. The molecule has 0 saturated carbocycles. The Hall–Kier alpha value is -2.94. The predicted octanol–water partition coefficient (Wildman–Crippen LogP) is 1.46. The first-order chi connectivity index (χ1) is 16.0. The lowest BCUT2D eigenvalue weighted by Gasteiger charge is -2.45. The van der Waals surface area contributed by atoms with E-state index >= 15 is 0 Å². The smallest absolute Gasteiger partial charge is 0.257 e. The molecule has 3 aliphatic rings. The van der Waals surface area contributed by atoms with Crippen LogP contribution in [0.3, 0.4) is 0 Å². The number of ether oxygens (including phenoxy) is 2. The molecule has 0 unspecified atom stereocenters. The van der Waals surface area contributed by atoms with E-state index < -0.39 is 11.8 Å². The summed E-state index contributed by atoms with van der Waals surface area (Å²) in [5.74, 6) is -0.787. The monoisotopic (exact) mass is 457 g/mol. The molecular weight excluding hydrogens is 426 g/mol. The zero-order valence-electron chi connectivity index (χ0n) is 19.0. The van der Waals surface area contributed by atoms with Gasteiger partial charge in [0.2, 0.25) is 5.91 Å². The van der Waals surface area contributed by atoms with Crippen molar-refractivity contribution in [1.29, 1.82) is 0 Å². The lowest BCUT2D eigenvalue weighted by Crippen LogP contribution is -2.60. The number of benzene rings is 1. The molecule has 2 atom stereocenters. The quantitative estimate of drug-likeness (QED) is 0.624. The number of piperidine rings is 1. The first-order valence-electron chi connectivity index (χ1n) is 11.7. The number of carbonyl (C=O) groups excluding carboxylic acids is 4. The molecule has 0 bridgehead atoms. The minimum absolute atomic E-state index is 0.131. The van der Waals surface area contributed by atoms with E-state index in [9.17, 15) is 19.2 Å². The third kappa shape index (κ3) is 5.03. The fraction of sp³-hybridized carbons (Fsp3) is 0.583. The molecule has 0 radical (unpaired) electrons. The highest BCUT2D eigenvalue weighted by Crippen LogP contribution is 2.30. The van der Waals surface area contributed by atoms with E-state index in [1.807, 2.05) is 18.2 Å². The first-order valence-corrected chi connectivity index (χ1v) is 11.7. The number of imide groups is 1. The molecule has 178 valence electrons. The van der Waals surface area contributed by atoms with Gasteiger partial charge >= 0.3 is 0 Å². The Kier molecular flexibility index (Phi) is 7.27. The Morgan fingerprint density at radius 3 is 2.48 bits per heavy atom. The molecule has 0 aliphatic carbocycles. The van der Waals surface area contributed by atoms with E-state index in [-0.39, 0.29) is 43.7 Å². The Balaban J connectivity index is 1.57. The third-order valence-electron chi connectivity index (χ3n) is 6.75. The molecule has 9 nitrogen and oxygen atoms in total. The van der Waals surface area contributed by atoms with Crippen molar-refractivity contribution in [2.75, 3.05) is 40.0 Å². The maximum atomic E-state index is 13.4. The van der Waals surface area contributed by atoms with Gasteiger partial charge in [-0.25, -0.2) is 0 Å². The van der Waals surface area contributed by atoms with Gasteiger partial charge in [-0.2, -0.15) is 0 Å². The minimum Gasteiger partial charge on any atom is -0.493 e. The minimum atomic E-state index is -0.490. The molecule has 2 saturated heterocycles. The molecule has 1 aromatic carbocycles. The molecule has 0 spiro atoms. The molecule has 9 heteroatoms. The van der Waals surface area contributed by atoms with Gasteiger partial charge in [-0.05, 0) is 44.2 Å². The molecule has 4 rings (SSSR count). The first kappa shape index (κ1) is 23.2. The van der Waals surface area contributed by atoms with E-state index in [1.165, 1.54) is 0 Å². The van der Waals surface area contributed by atoms with Gasteiger partial charge in [-0.1, -0.05) is 18.6 Å². The highest BCUT2D eigenvalue weighted by molar-refractivity contribution is 6.01. The van der Waals surface area contributed by atoms with Gasteiger partial charge in [-0.3, -0.25) is 24.1 Å². The fourth-order valence-corrected chi connectivity index (χ4v) is 4.99. The average molecular weight is 458 g/mol. The maximum absolute atomic E-state index is 13.4. The van der Waals surface area contributed by atoms with E-state index in [0.29, 0.717) is 24.5 Å². The molecule has 3 heterocycles. The number of hydrogen-bond acceptors (Lipinski definition) is 6. The number of likely N-dealkylation sites (N-methyl/N-ethyl adjacent to an activating group) is 1. The number of morpholine rings is 1. The van der Waals surface area contributed by atoms with Gasteiger partial charge in [0.05, 0.1) is 24.3 Å². The largest absolute Gasteiger partial charge is 0.493 e. The van der Waals surface area contributed by atoms with Crippen molar-refractivity contribution >= 4 is 23.6 Å². The van der Waals surface area contributed by atoms with Crippen molar-refractivity contribution in [3.63, 3.8) is 0 Å². The number of hydrogen-bond donors (Lipinski definition) is 0. The summed E-state index contributed by atoms with van der Waals surface area (Å²) in [5, 5.41) is 0. The fourth-order valence-electron chi connectivity index (χ4n) is 4.99. The molecule has 4 amide bonds. The maximum Gasteiger partial charge on any atom is 0.257 e. The summed E-state index contributed by atoms with van der Waals surface area (Å²) in [6.07, 6.45) is 4.99. The molecule has 0 N–H and O–H groups in total. The summed E-state index contributed by atoms with van der Waals surface area (Å²) in [6, 6.07) is 6.95. The van der Waals surface area contributed by atoms with Crippen LogP contribution in [0.2, 0.25) is 0 Å². The van der Waals surface area contributed by atoms with Crippen molar-refractivity contribution in [2.24, 2.45) is 0 Å². The van der Waals surface area contributed by atoms with E-state index in [4.69, 9.17) is 9.47 Å². The van der Waals surface area contributed by atoms with Crippen LogP contribution in [0.4, 0.5) is 0 Å². The number of likely N-dealkylation sites (tertiary alicyclic amines) is 1. The van der Waals surface area contributed by atoms with Crippen LogP contribution < -0.4 is 4.74 Å². The Morgan fingerprint density at radius 2 is 1.70 bits per heavy atom. The van der Waals surface area contributed by atoms with E-state index in [0.717, 1.165) is 43.4 Å². The standard InChI is InChI=1S/C24H31N3O6/c1-25-18-10-7-12-26(21(28)14-27-22(29)15-32-16-23(27)30)19(18)9-3-2-6-13-33-20-11-5-4-8-17(20)24(25)31/h4-5,8,11,18-19H,2-3,6-7,9-10,12-16H2,1H3/t18-,19-/m0/s1. The molecule has 2 fully saturated rings. The lowest BCUT2D eigenvalue weighted by molar-refractivity contribution is -0.162. The average Bonchev–Trinajstić information content (AvgIpc) is 2.82. The van der Waals surface area contributed by atoms with Crippen LogP contribution in [-0.2, 0) is 19.1 Å². The van der Waals surface area contributed by atoms with E-state index in [1.54, 1.807) is 22.9 Å². The van der Waals surface area contributed by atoms with Gasteiger partial charge in [0, 0.05) is 13.6 Å². The van der Waals surface area contributed by atoms with Gasteiger partial charge in [0.25, 0.3) is 17.7 Å². The molecule has 1 aromatic rings. The number of fused-ring (bicyclic) bond motifs is 2. The topological polar surface area (TPSA) is 96.5 Å². The zero-order chi connectivity index (χ0) is 23.4. The summed E-state index contributed by atoms with van der Waals surface area (Å²) in [5.41, 5.74) is 0.521. The number of rotatable bonds is 2.